The number of anilines is 1. The first-order valence-corrected chi connectivity index (χ1v) is 13.3. The molecule has 2 aromatic heterocycles. The van der Waals surface area contributed by atoms with Crippen molar-refractivity contribution in [3.05, 3.63) is 65.9 Å². The Bertz CT molecular complexity index is 1400. The average Bonchev–Trinajstić information content (AvgIpc) is 3.28. The van der Waals surface area contributed by atoms with Crippen LogP contribution in [-0.4, -0.2) is 40.3 Å². The molecule has 0 saturated heterocycles. The number of furan rings is 1. The Hall–Kier alpha value is -3.42. The minimum atomic E-state index is -0.527. The minimum Gasteiger partial charge on any atom is -0.458 e. The van der Waals surface area contributed by atoms with Crippen LogP contribution in [0.1, 0.15) is 46.5 Å². The molecule has 2 atom stereocenters. The van der Waals surface area contributed by atoms with E-state index in [9.17, 15) is 4.79 Å². The fraction of sp³-hybridized carbons (Fsp3) is 0.367. The molecule has 1 aliphatic carbocycles. The maximum atomic E-state index is 12.1. The molecule has 5 rings (SSSR count). The number of nitrogens with one attached hydrogen (secondary N) is 1. The molecule has 198 valence electrons. The highest BCUT2D eigenvalue weighted by molar-refractivity contribution is 6.30. The van der Waals surface area contributed by atoms with E-state index in [1.165, 1.54) is 6.33 Å². The maximum absolute atomic E-state index is 12.1. The second-order valence-corrected chi connectivity index (χ2v) is 11.0. The number of hydrogen-bond acceptors (Lipinski definition) is 7. The van der Waals surface area contributed by atoms with Gasteiger partial charge in [-0.05, 0) is 64.2 Å². The Balaban J connectivity index is 1.42. The van der Waals surface area contributed by atoms with Crippen LogP contribution in [0, 0.1) is 0 Å². The summed E-state index contributed by atoms with van der Waals surface area (Å²) in [6.07, 6.45) is 5.10. The van der Waals surface area contributed by atoms with Gasteiger partial charge in [0, 0.05) is 22.2 Å². The van der Waals surface area contributed by atoms with Crippen molar-refractivity contribution in [2.45, 2.75) is 64.2 Å². The predicted molar refractivity (Wildman–Crippen MR) is 149 cm³/mol. The lowest BCUT2D eigenvalue weighted by atomic mass is 9.92. The summed E-state index contributed by atoms with van der Waals surface area (Å²) in [5.41, 5.74) is 2.82. The molecule has 1 N–H and O–H groups in total. The lowest BCUT2D eigenvalue weighted by Gasteiger charge is -2.30. The first-order valence-electron chi connectivity index (χ1n) is 13.0. The van der Waals surface area contributed by atoms with Crippen molar-refractivity contribution >= 4 is 34.5 Å². The molecular weight excluding hydrogens is 502 g/mol. The van der Waals surface area contributed by atoms with Gasteiger partial charge in [-0.1, -0.05) is 54.1 Å². The summed E-state index contributed by atoms with van der Waals surface area (Å²) in [6.45, 7) is 5.51. The largest absolute Gasteiger partial charge is 0.458 e. The lowest BCUT2D eigenvalue weighted by molar-refractivity contribution is -0.162. The van der Waals surface area contributed by atoms with Crippen molar-refractivity contribution in [2.75, 3.05) is 11.9 Å². The molecule has 0 spiro atoms. The quantitative estimate of drug-likeness (QED) is 0.249. The molecule has 1 saturated carbocycles. The second-order valence-electron chi connectivity index (χ2n) is 10.6. The van der Waals surface area contributed by atoms with E-state index in [0.29, 0.717) is 16.6 Å². The van der Waals surface area contributed by atoms with Crippen LogP contribution in [0.5, 0.6) is 0 Å². The number of rotatable bonds is 7. The fourth-order valence-electron chi connectivity index (χ4n) is 4.91. The maximum Gasteiger partial charge on any atom is 0.332 e. The van der Waals surface area contributed by atoms with E-state index in [-0.39, 0.29) is 24.7 Å². The summed E-state index contributed by atoms with van der Waals surface area (Å²) in [5, 5.41) is 5.12. The number of fused-ring (bicyclic) bond motifs is 1. The van der Waals surface area contributed by atoms with Crippen molar-refractivity contribution < 1.29 is 18.7 Å². The van der Waals surface area contributed by atoms with Crippen LogP contribution in [0.15, 0.2) is 65.3 Å². The third kappa shape index (κ3) is 6.17. The molecule has 0 radical (unpaired) electrons. The number of hydrogen-bond donors (Lipinski definition) is 1. The van der Waals surface area contributed by atoms with E-state index < -0.39 is 5.60 Å². The Morgan fingerprint density at radius 2 is 1.82 bits per heavy atom. The Labute approximate surface area is 227 Å². The zero-order valence-corrected chi connectivity index (χ0v) is 22.6. The molecule has 0 unspecified atom stereocenters. The number of esters is 1. The summed E-state index contributed by atoms with van der Waals surface area (Å²) < 4.78 is 17.6. The highest BCUT2D eigenvalue weighted by atomic mass is 35.5. The third-order valence-corrected chi connectivity index (χ3v) is 6.73. The number of ether oxygens (including phenoxy) is 2. The monoisotopic (exact) mass is 533 g/mol. The standard InChI is InChI=1S/C30H32ClN3O4/c1-30(2,3)38-24(35)17-36-23-11-7-10-22(16-23)34-28-26-25(19-12-14-21(31)15-13-19)27(20-8-5-4-6-9-20)37-29(26)33-18-32-28/h4-6,8-9,12-15,18,22-23H,7,10-11,16-17H2,1-3H3,(H,32,33,34)/t22-,23-/m0/s1. The van der Waals surface area contributed by atoms with Gasteiger partial charge in [-0.3, -0.25) is 0 Å². The third-order valence-electron chi connectivity index (χ3n) is 6.48. The van der Waals surface area contributed by atoms with E-state index in [1.54, 1.807) is 0 Å². The van der Waals surface area contributed by atoms with Crippen molar-refractivity contribution in [2.24, 2.45) is 0 Å². The Morgan fingerprint density at radius 3 is 2.55 bits per heavy atom. The van der Waals surface area contributed by atoms with E-state index in [1.807, 2.05) is 75.4 Å². The molecule has 1 fully saturated rings. The molecule has 0 aliphatic heterocycles. The average molecular weight is 534 g/mol. The van der Waals surface area contributed by atoms with E-state index in [2.05, 4.69) is 15.3 Å². The van der Waals surface area contributed by atoms with Crippen LogP contribution in [0.2, 0.25) is 5.02 Å². The summed E-state index contributed by atoms with van der Waals surface area (Å²) in [6, 6.07) is 17.8. The van der Waals surface area contributed by atoms with Gasteiger partial charge in [0.1, 0.15) is 30.1 Å². The van der Waals surface area contributed by atoms with Crippen molar-refractivity contribution in [3.63, 3.8) is 0 Å². The molecule has 2 aromatic carbocycles. The number of benzene rings is 2. The van der Waals surface area contributed by atoms with Crippen molar-refractivity contribution in [1.29, 1.82) is 0 Å². The van der Waals surface area contributed by atoms with Crippen LogP contribution < -0.4 is 5.32 Å². The van der Waals surface area contributed by atoms with Crippen molar-refractivity contribution in [1.82, 2.24) is 9.97 Å². The van der Waals surface area contributed by atoms with E-state index in [4.69, 9.17) is 25.5 Å². The summed E-state index contributed by atoms with van der Waals surface area (Å²) in [4.78, 5) is 21.2. The highest BCUT2D eigenvalue weighted by Gasteiger charge is 2.27. The second kappa shape index (κ2) is 11.1. The zero-order valence-electron chi connectivity index (χ0n) is 21.9. The predicted octanol–water partition coefficient (Wildman–Crippen LogP) is 7.29. The summed E-state index contributed by atoms with van der Waals surface area (Å²) in [5.74, 6) is 1.10. The van der Waals surface area contributed by atoms with Gasteiger partial charge in [-0.25, -0.2) is 14.8 Å². The summed E-state index contributed by atoms with van der Waals surface area (Å²) in [7, 11) is 0. The molecule has 8 heteroatoms. The number of halogens is 1. The Kier molecular flexibility index (Phi) is 7.68. The Morgan fingerprint density at radius 1 is 1.05 bits per heavy atom. The molecule has 4 aromatic rings. The molecule has 1 aliphatic rings. The topological polar surface area (TPSA) is 86.5 Å². The number of nitrogens with zero attached hydrogens (tertiary/aromatic N) is 2. The molecule has 7 nitrogen and oxygen atoms in total. The van der Waals surface area contributed by atoms with Crippen LogP contribution in [-0.2, 0) is 14.3 Å². The fourth-order valence-corrected chi connectivity index (χ4v) is 5.03. The van der Waals surface area contributed by atoms with Gasteiger partial charge in [-0.2, -0.15) is 0 Å². The lowest BCUT2D eigenvalue weighted by Crippen LogP contribution is -2.34. The summed E-state index contributed by atoms with van der Waals surface area (Å²) >= 11 is 6.20. The van der Waals surface area contributed by atoms with Crippen LogP contribution in [0.4, 0.5) is 5.82 Å². The number of carbonyl (C=O) groups is 1. The molecule has 0 bridgehead atoms. The first kappa shape index (κ1) is 26.2. The van der Waals surface area contributed by atoms with Crippen LogP contribution in [0.3, 0.4) is 0 Å². The van der Waals surface area contributed by atoms with Gasteiger partial charge in [0.05, 0.1) is 11.5 Å². The van der Waals surface area contributed by atoms with Gasteiger partial charge in [0.2, 0.25) is 5.71 Å². The van der Waals surface area contributed by atoms with Crippen molar-refractivity contribution in [3.8, 4) is 22.5 Å². The van der Waals surface area contributed by atoms with Gasteiger partial charge >= 0.3 is 5.97 Å². The van der Waals surface area contributed by atoms with Crippen LogP contribution >= 0.6 is 11.6 Å². The van der Waals surface area contributed by atoms with Gasteiger partial charge < -0.3 is 19.2 Å². The normalized spacial score (nSPS) is 17.9. The van der Waals surface area contributed by atoms with Crippen LogP contribution in [0.25, 0.3) is 33.6 Å². The number of aromatic nitrogens is 2. The smallest absolute Gasteiger partial charge is 0.332 e. The molecule has 0 amide bonds. The highest BCUT2D eigenvalue weighted by Crippen LogP contribution is 2.43. The minimum absolute atomic E-state index is 0.0361. The van der Waals surface area contributed by atoms with E-state index in [0.717, 1.165) is 53.5 Å². The molecule has 2 heterocycles. The first-order chi connectivity index (χ1) is 18.3. The van der Waals surface area contributed by atoms with E-state index >= 15 is 0 Å². The SMILES string of the molecule is CC(C)(C)OC(=O)CO[C@H]1CCC[C@H](Nc2ncnc3oc(-c4ccccc4)c(-c4ccc(Cl)cc4)c23)C1. The molecular formula is C30H32ClN3O4. The molecule has 38 heavy (non-hydrogen) atoms. The number of carbonyl (C=O) groups excluding carboxylic acids is 1. The van der Waals surface area contributed by atoms with Gasteiger partial charge in [0.15, 0.2) is 0 Å². The van der Waals surface area contributed by atoms with Gasteiger partial charge in [0.25, 0.3) is 0 Å². The van der Waals surface area contributed by atoms with Gasteiger partial charge in [-0.15, -0.1) is 0 Å². The zero-order chi connectivity index (χ0) is 26.7.